The molecule has 31 heavy (non-hydrogen) atoms. The van der Waals surface area contributed by atoms with Crippen molar-refractivity contribution in [1.29, 1.82) is 0 Å². The molecule has 2 N–H and O–H groups in total. The predicted octanol–water partition coefficient (Wildman–Crippen LogP) is 3.81. The number of amides is 2. The van der Waals surface area contributed by atoms with Gasteiger partial charge in [0.05, 0.1) is 4.91 Å². The van der Waals surface area contributed by atoms with Crippen LogP contribution in [0.1, 0.15) is 11.3 Å². The molecule has 0 atom stereocenters. The lowest BCUT2D eigenvalue weighted by Gasteiger charge is -2.10. The number of nitrogens with zero attached hydrogens (tertiary/aromatic N) is 1. The quantitative estimate of drug-likeness (QED) is 0.464. The molecule has 0 saturated carbocycles. The van der Waals surface area contributed by atoms with Crippen molar-refractivity contribution in [2.24, 2.45) is 0 Å². The second-order valence-corrected chi connectivity index (χ2v) is 8.79. The van der Waals surface area contributed by atoms with Gasteiger partial charge in [-0.25, -0.2) is 0 Å². The van der Waals surface area contributed by atoms with E-state index < -0.39 is 0 Å². The number of thiocarbonyl (C=S) groups is 1. The lowest BCUT2D eigenvalue weighted by atomic mass is 10.1. The number of para-hydroxylation sites is 1. The molecule has 0 aliphatic carbocycles. The molecule has 0 spiro atoms. The van der Waals surface area contributed by atoms with Crippen molar-refractivity contribution in [3.8, 4) is 11.5 Å². The van der Waals surface area contributed by atoms with E-state index in [1.807, 2.05) is 41.8 Å². The first kappa shape index (κ1) is 19.7. The Labute approximate surface area is 187 Å². The van der Waals surface area contributed by atoms with Gasteiger partial charge in [0.1, 0.15) is 10.9 Å². The fourth-order valence-corrected chi connectivity index (χ4v) is 4.74. The average Bonchev–Trinajstić information content (AvgIpc) is 3.41. The fraction of sp³-hybridized carbons (Fsp3) is 0.136. The maximum Gasteiger partial charge on any atom is 0.263 e. The molecule has 5 rings (SSSR count). The predicted molar refractivity (Wildman–Crippen MR) is 124 cm³/mol. The van der Waals surface area contributed by atoms with Crippen LogP contribution in [-0.4, -0.2) is 27.5 Å². The average molecular weight is 452 g/mol. The van der Waals surface area contributed by atoms with Gasteiger partial charge in [-0.3, -0.25) is 9.59 Å². The van der Waals surface area contributed by atoms with Crippen LogP contribution in [0.3, 0.4) is 0 Å². The number of fused-ring (bicyclic) bond motifs is 2. The lowest BCUT2D eigenvalue weighted by molar-refractivity contribution is -0.117. The minimum absolute atomic E-state index is 0.127. The molecule has 2 aliphatic rings. The topological polar surface area (TPSA) is 81.6 Å². The fourth-order valence-electron chi connectivity index (χ4n) is 3.71. The number of carbonyl (C=O) groups excluding carboxylic acids is 2. The minimum Gasteiger partial charge on any atom is -0.454 e. The standard InChI is InChI=1S/C22H17N3O4S2/c1-12-15(9-19-21(27)24-22(30)31-19)14-4-2-3-5-16(14)25(12)10-20(26)23-13-6-7-17-18(8-13)29-11-28-17/h2-9H,10-11H2,1H3,(H,23,26)(H,24,27,30)/b19-9+. The summed E-state index contributed by atoms with van der Waals surface area (Å²) in [5.74, 6) is 0.902. The SMILES string of the molecule is Cc1c(/C=C2/SC(=S)NC2=O)c2ccccc2n1CC(=O)Nc1ccc2c(c1)OCO2. The maximum absolute atomic E-state index is 12.8. The van der Waals surface area contributed by atoms with E-state index in [0.29, 0.717) is 26.4 Å². The number of hydrogen-bond acceptors (Lipinski definition) is 6. The molecule has 2 aromatic carbocycles. The molecule has 2 amide bonds. The molecule has 156 valence electrons. The van der Waals surface area contributed by atoms with E-state index in [-0.39, 0.29) is 25.2 Å². The van der Waals surface area contributed by atoms with Gasteiger partial charge in [0.2, 0.25) is 12.7 Å². The van der Waals surface area contributed by atoms with Crippen LogP contribution in [0.25, 0.3) is 17.0 Å². The van der Waals surface area contributed by atoms with Gasteiger partial charge in [-0.15, -0.1) is 0 Å². The van der Waals surface area contributed by atoms with Gasteiger partial charge in [0.15, 0.2) is 11.5 Å². The molecule has 0 bridgehead atoms. The summed E-state index contributed by atoms with van der Waals surface area (Å²) in [5, 5.41) is 6.51. The van der Waals surface area contributed by atoms with Crippen LogP contribution in [0.5, 0.6) is 11.5 Å². The Morgan fingerprint density at radius 1 is 1.26 bits per heavy atom. The molecule has 0 radical (unpaired) electrons. The van der Waals surface area contributed by atoms with Crippen LogP contribution in [0, 0.1) is 6.92 Å². The first-order valence-corrected chi connectivity index (χ1v) is 10.7. The van der Waals surface area contributed by atoms with Crippen LogP contribution >= 0.6 is 24.0 Å². The minimum atomic E-state index is -0.202. The van der Waals surface area contributed by atoms with Crippen molar-refractivity contribution in [2.45, 2.75) is 13.5 Å². The number of rotatable bonds is 4. The summed E-state index contributed by atoms with van der Waals surface area (Å²) in [6.45, 7) is 2.25. The number of hydrogen-bond donors (Lipinski definition) is 2. The molecule has 7 nitrogen and oxygen atoms in total. The third kappa shape index (κ3) is 3.66. The molecule has 9 heteroatoms. The summed E-state index contributed by atoms with van der Waals surface area (Å²) in [7, 11) is 0. The summed E-state index contributed by atoms with van der Waals surface area (Å²) in [4.78, 5) is 25.5. The van der Waals surface area contributed by atoms with E-state index in [9.17, 15) is 9.59 Å². The molecule has 1 aromatic heterocycles. The Bertz CT molecular complexity index is 1300. The van der Waals surface area contributed by atoms with Crippen molar-refractivity contribution in [3.05, 3.63) is 58.6 Å². The number of ether oxygens (including phenoxy) is 2. The van der Waals surface area contributed by atoms with E-state index in [4.69, 9.17) is 21.7 Å². The second-order valence-electron chi connectivity index (χ2n) is 7.07. The lowest BCUT2D eigenvalue weighted by Crippen LogP contribution is -2.19. The zero-order valence-corrected chi connectivity index (χ0v) is 18.1. The molecule has 2 aliphatic heterocycles. The normalized spacial score (nSPS) is 16.2. The number of aromatic nitrogens is 1. The molecule has 3 heterocycles. The van der Waals surface area contributed by atoms with E-state index in [1.54, 1.807) is 18.2 Å². The highest BCUT2D eigenvalue weighted by atomic mass is 32.2. The van der Waals surface area contributed by atoms with Crippen LogP contribution < -0.4 is 20.1 Å². The first-order valence-electron chi connectivity index (χ1n) is 9.52. The highest BCUT2D eigenvalue weighted by Crippen LogP contribution is 2.35. The van der Waals surface area contributed by atoms with E-state index in [0.717, 1.165) is 22.2 Å². The van der Waals surface area contributed by atoms with Gasteiger partial charge in [-0.2, -0.15) is 0 Å². The number of thioether (sulfide) groups is 1. The molecule has 0 unspecified atom stereocenters. The Kier molecular flexibility index (Phi) is 4.91. The summed E-state index contributed by atoms with van der Waals surface area (Å²) in [6.07, 6.45) is 1.84. The number of nitrogens with one attached hydrogen (secondary N) is 2. The molecular formula is C22H17N3O4S2. The maximum atomic E-state index is 12.8. The van der Waals surface area contributed by atoms with Crippen molar-refractivity contribution in [1.82, 2.24) is 9.88 Å². The monoisotopic (exact) mass is 451 g/mol. The highest BCUT2D eigenvalue weighted by molar-refractivity contribution is 8.26. The van der Waals surface area contributed by atoms with Gasteiger partial charge in [0, 0.05) is 33.9 Å². The van der Waals surface area contributed by atoms with Crippen molar-refractivity contribution >= 4 is 62.8 Å². The van der Waals surface area contributed by atoms with Gasteiger partial charge in [-0.05, 0) is 31.2 Å². The largest absolute Gasteiger partial charge is 0.454 e. The van der Waals surface area contributed by atoms with Crippen molar-refractivity contribution < 1.29 is 19.1 Å². The number of benzene rings is 2. The van der Waals surface area contributed by atoms with Gasteiger partial charge in [0.25, 0.3) is 5.91 Å². The molecule has 1 fully saturated rings. The zero-order chi connectivity index (χ0) is 21.5. The Balaban J connectivity index is 1.45. The van der Waals surface area contributed by atoms with Crippen molar-refractivity contribution in [3.63, 3.8) is 0 Å². The molecular weight excluding hydrogens is 434 g/mol. The van der Waals surface area contributed by atoms with E-state index in [1.165, 1.54) is 11.8 Å². The van der Waals surface area contributed by atoms with Crippen LogP contribution in [-0.2, 0) is 16.1 Å². The van der Waals surface area contributed by atoms with E-state index in [2.05, 4.69) is 10.6 Å². The Morgan fingerprint density at radius 2 is 2.06 bits per heavy atom. The highest BCUT2D eigenvalue weighted by Gasteiger charge is 2.24. The van der Waals surface area contributed by atoms with E-state index >= 15 is 0 Å². The van der Waals surface area contributed by atoms with Crippen LogP contribution in [0.15, 0.2) is 47.4 Å². The smallest absolute Gasteiger partial charge is 0.263 e. The van der Waals surface area contributed by atoms with Crippen LogP contribution in [0.4, 0.5) is 5.69 Å². The summed E-state index contributed by atoms with van der Waals surface area (Å²) < 4.78 is 13.1. The molecule has 1 saturated heterocycles. The Morgan fingerprint density at radius 3 is 2.87 bits per heavy atom. The Hall–Kier alpha value is -3.30. The number of anilines is 1. The third-order valence-corrected chi connectivity index (χ3v) is 6.32. The van der Waals surface area contributed by atoms with Gasteiger partial charge >= 0.3 is 0 Å². The second kappa shape index (κ2) is 7.75. The third-order valence-electron chi connectivity index (χ3n) is 5.16. The summed E-state index contributed by atoms with van der Waals surface area (Å²) in [5.41, 5.74) is 3.34. The zero-order valence-electron chi connectivity index (χ0n) is 16.4. The summed E-state index contributed by atoms with van der Waals surface area (Å²) >= 11 is 6.33. The first-order chi connectivity index (χ1) is 15.0. The van der Waals surface area contributed by atoms with Crippen molar-refractivity contribution in [2.75, 3.05) is 12.1 Å². The van der Waals surface area contributed by atoms with Gasteiger partial charge < -0.3 is 24.7 Å². The molecule has 3 aromatic rings. The summed E-state index contributed by atoms with van der Waals surface area (Å²) in [6, 6.07) is 13.1. The number of carbonyl (C=O) groups is 2. The van der Waals surface area contributed by atoms with Gasteiger partial charge in [-0.1, -0.05) is 42.2 Å². The van der Waals surface area contributed by atoms with Crippen LogP contribution in [0.2, 0.25) is 0 Å².